The third-order valence-electron chi connectivity index (χ3n) is 2.72. The smallest absolute Gasteiger partial charge is 0.310 e. The number of carboxylic acids is 1. The van der Waals surface area contributed by atoms with E-state index in [-0.39, 0.29) is 12.5 Å². The molecule has 0 aliphatic carbocycles. The Bertz CT molecular complexity index is 307. The van der Waals surface area contributed by atoms with E-state index in [1.54, 1.807) is 20.8 Å². The van der Waals surface area contributed by atoms with Crippen molar-refractivity contribution in [3.05, 3.63) is 0 Å². The lowest BCUT2D eigenvalue weighted by Gasteiger charge is -2.27. The van der Waals surface area contributed by atoms with Crippen LogP contribution in [0.2, 0.25) is 0 Å². The second-order valence-corrected chi connectivity index (χ2v) is 6.29. The average molecular weight is 273 g/mol. The minimum absolute atomic E-state index is 0.198. The second kappa shape index (κ2) is 7.48. The van der Waals surface area contributed by atoms with E-state index in [0.717, 1.165) is 0 Å². The van der Waals surface area contributed by atoms with E-state index >= 15 is 0 Å². The van der Waals surface area contributed by atoms with Crippen LogP contribution in [0.15, 0.2) is 0 Å². The highest BCUT2D eigenvalue weighted by Crippen LogP contribution is 2.26. The fourth-order valence-corrected chi connectivity index (χ4v) is 1.99. The molecular weight excluding hydrogens is 246 g/mol. The molecule has 5 nitrogen and oxygen atoms in total. The fourth-order valence-electron chi connectivity index (χ4n) is 1.99. The minimum atomic E-state index is -0.960. The second-order valence-electron chi connectivity index (χ2n) is 6.29. The van der Waals surface area contributed by atoms with Crippen LogP contribution in [-0.4, -0.2) is 29.2 Å². The van der Waals surface area contributed by atoms with Crippen molar-refractivity contribution in [2.75, 3.05) is 6.54 Å². The van der Waals surface area contributed by atoms with Gasteiger partial charge in [0.15, 0.2) is 0 Å². The van der Waals surface area contributed by atoms with Gasteiger partial charge in [0.1, 0.15) is 5.60 Å². The van der Waals surface area contributed by atoms with Crippen LogP contribution in [0.3, 0.4) is 0 Å². The number of carbonyl (C=O) groups excluding carboxylic acids is 1. The molecule has 0 aromatic rings. The lowest BCUT2D eigenvalue weighted by atomic mass is 9.83. The van der Waals surface area contributed by atoms with Gasteiger partial charge in [-0.15, -0.1) is 0 Å². The van der Waals surface area contributed by atoms with Gasteiger partial charge in [-0.3, -0.25) is 9.59 Å². The fraction of sp³-hybridized carbons (Fsp3) is 0.857. The standard InChI is InChI=1S/C14H27NO4/c1-9(2)8-11(12(16)17)10(6-7-15)13(18)19-14(3,4)5/h9-11H,6-8,15H2,1-5H3,(H,16,17)/t10-,11+/m0/s1. The summed E-state index contributed by atoms with van der Waals surface area (Å²) in [7, 11) is 0. The molecule has 0 aliphatic heterocycles. The largest absolute Gasteiger partial charge is 0.481 e. The van der Waals surface area contributed by atoms with Crippen molar-refractivity contribution in [3.63, 3.8) is 0 Å². The van der Waals surface area contributed by atoms with Crippen molar-refractivity contribution in [1.82, 2.24) is 0 Å². The van der Waals surface area contributed by atoms with Gasteiger partial charge in [-0.1, -0.05) is 13.8 Å². The summed E-state index contributed by atoms with van der Waals surface area (Å²) in [4.78, 5) is 23.5. The highest BCUT2D eigenvalue weighted by atomic mass is 16.6. The normalized spacial score (nSPS) is 15.1. The monoisotopic (exact) mass is 273 g/mol. The molecule has 0 fully saturated rings. The predicted octanol–water partition coefficient (Wildman–Crippen LogP) is 2.04. The van der Waals surface area contributed by atoms with Crippen LogP contribution in [0.25, 0.3) is 0 Å². The molecule has 0 aliphatic rings. The van der Waals surface area contributed by atoms with E-state index in [1.807, 2.05) is 13.8 Å². The van der Waals surface area contributed by atoms with E-state index in [9.17, 15) is 14.7 Å². The molecule has 112 valence electrons. The number of hydrogen-bond donors (Lipinski definition) is 2. The number of esters is 1. The number of aliphatic carboxylic acids is 1. The van der Waals surface area contributed by atoms with Crippen molar-refractivity contribution in [2.45, 2.75) is 53.1 Å². The molecule has 0 saturated carbocycles. The highest BCUT2D eigenvalue weighted by molar-refractivity contribution is 5.81. The van der Waals surface area contributed by atoms with Crippen molar-refractivity contribution in [3.8, 4) is 0 Å². The zero-order valence-corrected chi connectivity index (χ0v) is 12.6. The van der Waals surface area contributed by atoms with Gasteiger partial charge >= 0.3 is 11.9 Å². The van der Waals surface area contributed by atoms with Crippen molar-refractivity contribution in [2.24, 2.45) is 23.5 Å². The zero-order chi connectivity index (χ0) is 15.2. The molecule has 0 rings (SSSR count). The van der Waals surface area contributed by atoms with Crippen LogP contribution in [0, 0.1) is 17.8 Å². The Hall–Kier alpha value is -1.10. The average Bonchev–Trinajstić information content (AvgIpc) is 2.19. The maximum absolute atomic E-state index is 12.1. The Kier molecular flexibility index (Phi) is 7.05. The predicted molar refractivity (Wildman–Crippen MR) is 73.6 cm³/mol. The number of ether oxygens (including phenoxy) is 1. The molecule has 3 N–H and O–H groups in total. The van der Waals surface area contributed by atoms with Crippen LogP contribution in [0.1, 0.15) is 47.5 Å². The first-order chi connectivity index (χ1) is 8.58. The first-order valence-corrected chi connectivity index (χ1v) is 6.74. The summed E-state index contributed by atoms with van der Waals surface area (Å²) >= 11 is 0. The molecule has 0 saturated heterocycles. The molecule has 2 atom stereocenters. The molecular formula is C14H27NO4. The molecule has 0 heterocycles. The quantitative estimate of drug-likeness (QED) is 0.693. The van der Waals surface area contributed by atoms with Gasteiger partial charge < -0.3 is 15.6 Å². The Morgan fingerprint density at radius 3 is 2.05 bits per heavy atom. The Morgan fingerprint density at radius 1 is 1.21 bits per heavy atom. The van der Waals surface area contributed by atoms with Gasteiger partial charge in [0.05, 0.1) is 11.8 Å². The third-order valence-corrected chi connectivity index (χ3v) is 2.72. The van der Waals surface area contributed by atoms with Crippen LogP contribution < -0.4 is 5.73 Å². The number of carboxylic acid groups (broad SMARTS) is 1. The van der Waals surface area contributed by atoms with Crippen LogP contribution in [-0.2, 0) is 14.3 Å². The summed E-state index contributed by atoms with van der Waals surface area (Å²) in [5.41, 5.74) is 4.88. The number of hydrogen-bond acceptors (Lipinski definition) is 4. The molecule has 0 aromatic heterocycles. The van der Waals surface area contributed by atoms with Crippen LogP contribution in [0.4, 0.5) is 0 Å². The van der Waals surface area contributed by atoms with Gasteiger partial charge in [-0.25, -0.2) is 0 Å². The SMILES string of the molecule is CC(C)C[C@@H](C(=O)O)[C@H](CCN)C(=O)OC(C)(C)C. The Morgan fingerprint density at radius 2 is 1.74 bits per heavy atom. The summed E-state index contributed by atoms with van der Waals surface area (Å²) in [6.45, 7) is 9.44. The summed E-state index contributed by atoms with van der Waals surface area (Å²) in [5, 5.41) is 9.32. The van der Waals surface area contributed by atoms with Gasteiger partial charge in [0.2, 0.25) is 0 Å². The van der Waals surface area contributed by atoms with Gasteiger partial charge in [-0.2, -0.15) is 0 Å². The molecule has 19 heavy (non-hydrogen) atoms. The summed E-state index contributed by atoms with van der Waals surface area (Å²) in [6, 6.07) is 0. The minimum Gasteiger partial charge on any atom is -0.481 e. The lowest BCUT2D eigenvalue weighted by Crippen LogP contribution is -2.37. The highest BCUT2D eigenvalue weighted by Gasteiger charge is 2.36. The van der Waals surface area contributed by atoms with E-state index < -0.39 is 29.4 Å². The molecule has 0 bridgehead atoms. The maximum Gasteiger partial charge on any atom is 0.310 e. The number of rotatable bonds is 7. The molecule has 0 aromatic carbocycles. The first-order valence-electron chi connectivity index (χ1n) is 6.74. The van der Waals surface area contributed by atoms with Crippen molar-refractivity contribution in [1.29, 1.82) is 0 Å². The molecule has 0 radical (unpaired) electrons. The molecule has 5 heteroatoms. The number of carbonyl (C=O) groups is 2. The van der Waals surface area contributed by atoms with E-state index in [0.29, 0.717) is 12.8 Å². The first kappa shape index (κ1) is 17.9. The van der Waals surface area contributed by atoms with E-state index in [2.05, 4.69) is 0 Å². The van der Waals surface area contributed by atoms with Crippen LogP contribution in [0.5, 0.6) is 0 Å². The van der Waals surface area contributed by atoms with Gasteiger partial charge in [0, 0.05) is 0 Å². The van der Waals surface area contributed by atoms with Crippen molar-refractivity contribution >= 4 is 11.9 Å². The third kappa shape index (κ3) is 7.15. The van der Waals surface area contributed by atoms with Gasteiger partial charge in [0.25, 0.3) is 0 Å². The van der Waals surface area contributed by atoms with E-state index in [4.69, 9.17) is 10.5 Å². The summed E-state index contributed by atoms with van der Waals surface area (Å²) < 4.78 is 5.31. The Labute approximate surface area is 115 Å². The summed E-state index contributed by atoms with van der Waals surface area (Å²) in [5.74, 6) is -2.64. The molecule has 0 spiro atoms. The maximum atomic E-state index is 12.1. The van der Waals surface area contributed by atoms with E-state index in [1.165, 1.54) is 0 Å². The van der Waals surface area contributed by atoms with Gasteiger partial charge in [-0.05, 0) is 46.1 Å². The molecule has 0 amide bonds. The van der Waals surface area contributed by atoms with Crippen molar-refractivity contribution < 1.29 is 19.4 Å². The number of nitrogens with two attached hydrogens (primary N) is 1. The topological polar surface area (TPSA) is 89.6 Å². The zero-order valence-electron chi connectivity index (χ0n) is 12.6. The summed E-state index contributed by atoms with van der Waals surface area (Å²) in [6.07, 6.45) is 0.776. The van der Waals surface area contributed by atoms with Crippen LogP contribution >= 0.6 is 0 Å². The Balaban J connectivity index is 5.02. The lowest BCUT2D eigenvalue weighted by molar-refractivity contribution is -0.167. The molecule has 0 unspecified atom stereocenters.